The van der Waals surface area contributed by atoms with Gasteiger partial charge in [-0.3, -0.25) is 14.3 Å². The SMILES string of the molecule is CC1(C)[C@@H](C(=O)O)[C@@H]1C(=O)Nc1cnn(Cc2ccccc2F)c1. The minimum absolute atomic E-state index is 0.245. The number of rotatable bonds is 5. The molecule has 0 aliphatic heterocycles. The lowest BCUT2D eigenvalue weighted by molar-refractivity contribution is -0.140. The molecule has 24 heavy (non-hydrogen) atoms. The Morgan fingerprint density at radius 1 is 1.33 bits per heavy atom. The highest BCUT2D eigenvalue weighted by Crippen LogP contribution is 2.58. The topological polar surface area (TPSA) is 84.2 Å². The average molecular weight is 331 g/mol. The molecule has 0 radical (unpaired) electrons. The third-order valence-corrected chi connectivity index (χ3v) is 4.57. The number of nitrogens with one attached hydrogen (secondary N) is 1. The standard InChI is InChI=1S/C17H18FN3O3/c1-17(2)13(14(17)16(23)24)15(22)20-11-7-19-21(9-11)8-10-5-3-4-6-12(10)18/h3-7,9,13-14H,8H2,1-2H3,(H,20,22)(H,23,24)/t13-,14-/m1/s1. The zero-order chi connectivity index (χ0) is 17.5. The number of aromatic nitrogens is 2. The van der Waals surface area contributed by atoms with Crippen LogP contribution in [0.4, 0.5) is 10.1 Å². The predicted octanol–water partition coefficient (Wildman–Crippen LogP) is 2.37. The second-order valence-electron chi connectivity index (χ2n) is 6.62. The molecule has 1 aliphatic rings. The molecule has 0 saturated heterocycles. The lowest BCUT2D eigenvalue weighted by Crippen LogP contribution is -2.17. The van der Waals surface area contributed by atoms with Crippen LogP contribution < -0.4 is 5.32 Å². The van der Waals surface area contributed by atoms with Gasteiger partial charge in [-0.05, 0) is 11.5 Å². The molecule has 1 aliphatic carbocycles. The summed E-state index contributed by atoms with van der Waals surface area (Å²) in [5, 5.41) is 15.9. The van der Waals surface area contributed by atoms with E-state index in [2.05, 4.69) is 10.4 Å². The van der Waals surface area contributed by atoms with Crippen LogP contribution in [0.15, 0.2) is 36.7 Å². The number of nitrogens with zero attached hydrogens (tertiary/aromatic N) is 2. The van der Waals surface area contributed by atoms with E-state index >= 15 is 0 Å². The summed E-state index contributed by atoms with van der Waals surface area (Å²) < 4.78 is 15.2. The number of benzene rings is 1. The van der Waals surface area contributed by atoms with E-state index in [-0.39, 0.29) is 18.3 Å². The molecular weight excluding hydrogens is 313 g/mol. The highest BCUT2D eigenvalue weighted by molar-refractivity contribution is 5.99. The second-order valence-corrected chi connectivity index (χ2v) is 6.62. The number of hydrogen-bond acceptors (Lipinski definition) is 3. The molecule has 1 saturated carbocycles. The van der Waals surface area contributed by atoms with Crippen molar-refractivity contribution in [2.24, 2.45) is 17.3 Å². The monoisotopic (exact) mass is 331 g/mol. The maximum atomic E-state index is 13.6. The molecule has 1 aromatic carbocycles. The Morgan fingerprint density at radius 2 is 2.04 bits per heavy atom. The third kappa shape index (κ3) is 2.89. The third-order valence-electron chi connectivity index (χ3n) is 4.57. The summed E-state index contributed by atoms with van der Waals surface area (Å²) in [6, 6.07) is 6.40. The van der Waals surface area contributed by atoms with Crippen LogP contribution in [0.25, 0.3) is 0 Å². The van der Waals surface area contributed by atoms with E-state index in [1.165, 1.54) is 16.9 Å². The Hall–Kier alpha value is -2.70. The molecule has 6 nitrogen and oxygen atoms in total. The fraction of sp³-hybridized carbons (Fsp3) is 0.353. The highest BCUT2D eigenvalue weighted by atomic mass is 19.1. The largest absolute Gasteiger partial charge is 0.481 e. The maximum absolute atomic E-state index is 13.6. The number of carbonyl (C=O) groups excluding carboxylic acids is 1. The molecule has 2 aromatic rings. The van der Waals surface area contributed by atoms with Crippen LogP contribution in [0, 0.1) is 23.1 Å². The van der Waals surface area contributed by atoms with Crippen molar-refractivity contribution < 1.29 is 19.1 Å². The highest BCUT2D eigenvalue weighted by Gasteiger charge is 2.65. The minimum Gasteiger partial charge on any atom is -0.481 e. The van der Waals surface area contributed by atoms with Crippen molar-refractivity contribution >= 4 is 17.6 Å². The normalized spacial score (nSPS) is 21.3. The van der Waals surface area contributed by atoms with Crippen molar-refractivity contribution in [1.82, 2.24) is 9.78 Å². The van der Waals surface area contributed by atoms with Crippen molar-refractivity contribution in [1.29, 1.82) is 0 Å². The van der Waals surface area contributed by atoms with Gasteiger partial charge in [0.2, 0.25) is 5.91 Å². The maximum Gasteiger partial charge on any atom is 0.307 e. The van der Waals surface area contributed by atoms with E-state index in [1.807, 2.05) is 0 Å². The van der Waals surface area contributed by atoms with Gasteiger partial charge in [0.25, 0.3) is 0 Å². The number of aliphatic carboxylic acids is 1. The van der Waals surface area contributed by atoms with E-state index in [1.54, 1.807) is 38.2 Å². The lowest BCUT2D eigenvalue weighted by atomic mass is 10.1. The van der Waals surface area contributed by atoms with Crippen molar-refractivity contribution in [3.8, 4) is 0 Å². The molecule has 2 N–H and O–H groups in total. The first kappa shape index (κ1) is 16.2. The summed E-state index contributed by atoms with van der Waals surface area (Å²) in [4.78, 5) is 23.4. The summed E-state index contributed by atoms with van der Waals surface area (Å²) in [5.74, 6) is -2.85. The van der Waals surface area contributed by atoms with Gasteiger partial charge in [0, 0.05) is 11.8 Å². The Bertz CT molecular complexity index is 800. The fourth-order valence-electron chi connectivity index (χ4n) is 3.12. The molecular formula is C17H18FN3O3. The number of hydrogen-bond donors (Lipinski definition) is 2. The smallest absolute Gasteiger partial charge is 0.307 e. The van der Waals surface area contributed by atoms with Crippen LogP contribution in [0.1, 0.15) is 19.4 Å². The molecule has 1 fully saturated rings. The lowest BCUT2D eigenvalue weighted by Gasteiger charge is -2.04. The van der Waals surface area contributed by atoms with E-state index < -0.39 is 23.2 Å². The first-order valence-electron chi connectivity index (χ1n) is 7.60. The van der Waals surface area contributed by atoms with Crippen LogP contribution in [-0.4, -0.2) is 26.8 Å². The van der Waals surface area contributed by atoms with Crippen LogP contribution in [0.2, 0.25) is 0 Å². The van der Waals surface area contributed by atoms with Gasteiger partial charge in [0.05, 0.1) is 30.3 Å². The Kier molecular flexibility index (Phi) is 3.87. The van der Waals surface area contributed by atoms with Crippen molar-refractivity contribution in [2.45, 2.75) is 20.4 Å². The van der Waals surface area contributed by atoms with Crippen molar-refractivity contribution in [3.63, 3.8) is 0 Å². The predicted molar refractivity (Wildman–Crippen MR) is 84.8 cm³/mol. The first-order valence-corrected chi connectivity index (χ1v) is 7.60. The first-order chi connectivity index (χ1) is 11.3. The molecule has 126 valence electrons. The van der Waals surface area contributed by atoms with Crippen LogP contribution >= 0.6 is 0 Å². The molecule has 2 atom stereocenters. The summed E-state index contributed by atoms with van der Waals surface area (Å²) in [7, 11) is 0. The van der Waals surface area contributed by atoms with E-state index in [0.717, 1.165) is 0 Å². The summed E-state index contributed by atoms with van der Waals surface area (Å²) in [5.41, 5.74) is 0.398. The van der Waals surface area contributed by atoms with Crippen LogP contribution in [0.3, 0.4) is 0 Å². The number of carbonyl (C=O) groups is 2. The Morgan fingerprint density at radius 3 is 2.67 bits per heavy atom. The quantitative estimate of drug-likeness (QED) is 0.881. The van der Waals surface area contributed by atoms with Crippen LogP contribution in [-0.2, 0) is 16.1 Å². The molecule has 0 unspecified atom stereocenters. The summed E-state index contributed by atoms with van der Waals surface area (Å²) >= 11 is 0. The number of anilines is 1. The van der Waals surface area contributed by atoms with E-state index in [0.29, 0.717) is 11.3 Å². The molecule has 0 bridgehead atoms. The summed E-state index contributed by atoms with van der Waals surface area (Å²) in [6.07, 6.45) is 3.05. The summed E-state index contributed by atoms with van der Waals surface area (Å²) in [6.45, 7) is 3.77. The van der Waals surface area contributed by atoms with Gasteiger partial charge in [-0.1, -0.05) is 32.0 Å². The molecule has 7 heteroatoms. The van der Waals surface area contributed by atoms with E-state index in [4.69, 9.17) is 5.11 Å². The Labute approximate surface area is 138 Å². The molecule has 0 spiro atoms. The molecule has 3 rings (SSSR count). The zero-order valence-electron chi connectivity index (χ0n) is 13.4. The number of amides is 1. The van der Waals surface area contributed by atoms with Gasteiger partial charge in [-0.15, -0.1) is 0 Å². The van der Waals surface area contributed by atoms with Crippen molar-refractivity contribution in [3.05, 3.63) is 48.0 Å². The van der Waals surface area contributed by atoms with Gasteiger partial charge >= 0.3 is 5.97 Å². The van der Waals surface area contributed by atoms with Gasteiger partial charge in [-0.25, -0.2) is 4.39 Å². The van der Waals surface area contributed by atoms with Gasteiger partial charge in [-0.2, -0.15) is 5.10 Å². The number of halogens is 1. The van der Waals surface area contributed by atoms with Gasteiger partial charge in [0.15, 0.2) is 0 Å². The second kappa shape index (κ2) is 5.74. The molecule has 1 amide bonds. The van der Waals surface area contributed by atoms with Gasteiger partial charge in [0.1, 0.15) is 5.82 Å². The van der Waals surface area contributed by atoms with Crippen LogP contribution in [0.5, 0.6) is 0 Å². The minimum atomic E-state index is -0.963. The number of carboxylic acid groups (broad SMARTS) is 1. The average Bonchev–Trinajstić information content (AvgIpc) is 2.85. The van der Waals surface area contributed by atoms with E-state index in [9.17, 15) is 14.0 Å². The zero-order valence-corrected chi connectivity index (χ0v) is 13.4. The molecule has 1 heterocycles. The molecule has 1 aromatic heterocycles. The van der Waals surface area contributed by atoms with Crippen molar-refractivity contribution in [2.75, 3.05) is 5.32 Å². The fourth-order valence-corrected chi connectivity index (χ4v) is 3.12. The Balaban J connectivity index is 1.66. The number of carboxylic acids is 1. The van der Waals surface area contributed by atoms with Gasteiger partial charge < -0.3 is 10.4 Å².